The van der Waals surface area contributed by atoms with E-state index in [1.54, 1.807) is 13.1 Å². The zero-order valence-electron chi connectivity index (χ0n) is 14.4. The lowest BCUT2D eigenvalue weighted by Crippen LogP contribution is -2.46. The number of amides is 1. The van der Waals surface area contributed by atoms with Gasteiger partial charge in [-0.1, -0.05) is 12.1 Å². The molecule has 24 heavy (non-hydrogen) atoms. The quantitative estimate of drug-likeness (QED) is 0.888. The zero-order chi connectivity index (χ0) is 17.3. The molecule has 0 spiro atoms. The molecule has 2 N–H and O–H groups in total. The van der Waals surface area contributed by atoms with Crippen molar-refractivity contribution in [1.82, 2.24) is 15.2 Å². The van der Waals surface area contributed by atoms with Gasteiger partial charge in [0.15, 0.2) is 0 Å². The summed E-state index contributed by atoms with van der Waals surface area (Å²) in [4.78, 5) is 29.1. The molecule has 126 valence electrons. The summed E-state index contributed by atoms with van der Waals surface area (Å²) >= 11 is 0. The van der Waals surface area contributed by atoms with Gasteiger partial charge in [-0.3, -0.25) is 9.59 Å². The number of pyridine rings is 1. The van der Waals surface area contributed by atoms with Crippen LogP contribution in [0.3, 0.4) is 0 Å². The minimum atomic E-state index is -0.0716. The maximum Gasteiger partial charge on any atom is 0.254 e. The largest absolute Gasteiger partial charge is 0.336 e. The van der Waals surface area contributed by atoms with Crippen molar-refractivity contribution >= 4 is 5.91 Å². The molecule has 1 aliphatic rings. The van der Waals surface area contributed by atoms with E-state index in [1.165, 1.54) is 0 Å². The fourth-order valence-electron chi connectivity index (χ4n) is 3.26. The van der Waals surface area contributed by atoms with Crippen molar-refractivity contribution in [2.45, 2.75) is 20.8 Å². The maximum absolute atomic E-state index is 12.8. The van der Waals surface area contributed by atoms with Crippen molar-refractivity contribution in [3.05, 3.63) is 57.0 Å². The summed E-state index contributed by atoms with van der Waals surface area (Å²) in [6.45, 7) is 8.94. The Bertz CT molecular complexity index is 810. The molecule has 1 aromatic heterocycles. The third kappa shape index (κ3) is 3.12. The second kappa shape index (κ2) is 6.61. The molecule has 2 heterocycles. The monoisotopic (exact) mass is 325 g/mol. The number of aromatic nitrogens is 1. The average Bonchev–Trinajstić information content (AvgIpc) is 2.57. The summed E-state index contributed by atoms with van der Waals surface area (Å²) in [5.41, 5.74) is 5.32. The van der Waals surface area contributed by atoms with E-state index in [4.69, 9.17) is 0 Å². The van der Waals surface area contributed by atoms with Gasteiger partial charge in [0.1, 0.15) is 0 Å². The third-order valence-electron chi connectivity index (χ3n) is 4.57. The van der Waals surface area contributed by atoms with Gasteiger partial charge in [0.2, 0.25) is 0 Å². The lowest BCUT2D eigenvalue weighted by Gasteiger charge is -2.28. The molecule has 0 atom stereocenters. The molecular weight excluding hydrogens is 302 g/mol. The number of carbonyl (C=O) groups excluding carboxylic acids is 1. The zero-order valence-corrected chi connectivity index (χ0v) is 14.4. The molecule has 0 saturated carbocycles. The van der Waals surface area contributed by atoms with E-state index in [1.807, 2.05) is 36.9 Å². The maximum atomic E-state index is 12.8. The molecule has 0 bridgehead atoms. The fourth-order valence-corrected chi connectivity index (χ4v) is 3.26. The first-order valence-corrected chi connectivity index (χ1v) is 8.28. The number of aryl methyl sites for hydroxylation is 3. The highest BCUT2D eigenvalue weighted by molar-refractivity contribution is 5.98. The van der Waals surface area contributed by atoms with E-state index in [0.29, 0.717) is 5.56 Å². The van der Waals surface area contributed by atoms with Gasteiger partial charge in [-0.15, -0.1) is 0 Å². The molecule has 5 heteroatoms. The number of rotatable bonds is 2. The molecule has 0 radical (unpaired) electrons. The van der Waals surface area contributed by atoms with E-state index < -0.39 is 0 Å². The van der Waals surface area contributed by atoms with Crippen LogP contribution >= 0.6 is 0 Å². The molecule has 1 amide bonds. The molecule has 3 rings (SSSR count). The Morgan fingerprint density at radius 1 is 0.958 bits per heavy atom. The highest BCUT2D eigenvalue weighted by Crippen LogP contribution is 2.26. The number of hydrogen-bond donors (Lipinski definition) is 2. The van der Waals surface area contributed by atoms with E-state index >= 15 is 0 Å². The Hall–Kier alpha value is -2.40. The van der Waals surface area contributed by atoms with Crippen molar-refractivity contribution in [3.63, 3.8) is 0 Å². The smallest absolute Gasteiger partial charge is 0.254 e. The van der Waals surface area contributed by atoms with Crippen molar-refractivity contribution < 1.29 is 4.79 Å². The van der Waals surface area contributed by atoms with Crippen molar-refractivity contribution in [2.75, 3.05) is 26.2 Å². The highest BCUT2D eigenvalue weighted by Gasteiger charge is 2.21. The molecule has 0 unspecified atom stereocenters. The van der Waals surface area contributed by atoms with Gasteiger partial charge < -0.3 is 15.2 Å². The number of benzene rings is 1. The summed E-state index contributed by atoms with van der Waals surface area (Å²) in [5, 5.41) is 3.27. The van der Waals surface area contributed by atoms with E-state index in [0.717, 1.165) is 54.0 Å². The lowest BCUT2D eigenvalue weighted by molar-refractivity contribution is 0.0734. The molecule has 5 nitrogen and oxygen atoms in total. The molecule has 1 saturated heterocycles. The van der Waals surface area contributed by atoms with Crippen LogP contribution in [-0.4, -0.2) is 42.0 Å². The predicted octanol–water partition coefficient (Wildman–Crippen LogP) is 2.01. The van der Waals surface area contributed by atoms with Crippen LogP contribution in [0.1, 0.15) is 27.0 Å². The van der Waals surface area contributed by atoms with Gasteiger partial charge in [-0.05, 0) is 49.1 Å². The number of aromatic amines is 1. The molecular formula is C19H23N3O2. The van der Waals surface area contributed by atoms with Crippen LogP contribution in [0.25, 0.3) is 11.1 Å². The van der Waals surface area contributed by atoms with Crippen molar-refractivity contribution in [3.8, 4) is 11.1 Å². The highest BCUT2D eigenvalue weighted by atomic mass is 16.2. The standard InChI is InChI=1S/C19H23N3O2/c1-12-8-15(16-10-14(3)18(23)21-11-16)9-13(2)17(12)19(24)22-6-4-20-5-7-22/h8-11,20H,4-7H2,1-3H3,(H,21,23). The van der Waals surface area contributed by atoms with Crippen molar-refractivity contribution in [2.24, 2.45) is 0 Å². The van der Waals surface area contributed by atoms with Crippen molar-refractivity contribution in [1.29, 1.82) is 0 Å². The normalized spacial score (nSPS) is 14.7. The summed E-state index contributed by atoms with van der Waals surface area (Å²) in [6.07, 6.45) is 1.72. The topological polar surface area (TPSA) is 65.2 Å². The SMILES string of the molecule is Cc1cc(-c2c[nH]c(=O)c(C)c2)cc(C)c1C(=O)N1CCNCC1. The van der Waals surface area contributed by atoms with Gasteiger partial charge in [-0.2, -0.15) is 0 Å². The molecule has 2 aromatic rings. The minimum absolute atomic E-state index is 0.0716. The Balaban J connectivity index is 1.97. The Kier molecular flexibility index (Phi) is 4.53. The van der Waals surface area contributed by atoms with Crippen LogP contribution in [0.4, 0.5) is 0 Å². The summed E-state index contributed by atoms with van der Waals surface area (Å²) in [6, 6.07) is 5.93. The number of nitrogens with one attached hydrogen (secondary N) is 2. The number of nitrogens with zero attached hydrogens (tertiary/aromatic N) is 1. The lowest BCUT2D eigenvalue weighted by atomic mass is 9.95. The van der Waals surface area contributed by atoms with Crippen LogP contribution in [0.2, 0.25) is 0 Å². The van der Waals surface area contributed by atoms with Crippen LogP contribution in [-0.2, 0) is 0 Å². The molecule has 1 fully saturated rings. The van der Waals surface area contributed by atoms with Gasteiger partial charge in [-0.25, -0.2) is 0 Å². The van der Waals surface area contributed by atoms with Gasteiger partial charge in [0.25, 0.3) is 11.5 Å². The van der Waals surface area contributed by atoms with Crippen LogP contribution in [0.5, 0.6) is 0 Å². The second-order valence-electron chi connectivity index (χ2n) is 6.43. The number of piperazine rings is 1. The van der Waals surface area contributed by atoms with Gasteiger partial charge in [0.05, 0.1) is 0 Å². The fraction of sp³-hybridized carbons (Fsp3) is 0.368. The summed E-state index contributed by atoms with van der Waals surface area (Å²) in [5.74, 6) is 0.107. The van der Waals surface area contributed by atoms with Gasteiger partial charge in [0, 0.05) is 43.5 Å². The first kappa shape index (κ1) is 16.5. The first-order chi connectivity index (χ1) is 11.5. The average molecular weight is 325 g/mol. The van der Waals surface area contributed by atoms with E-state index in [-0.39, 0.29) is 11.5 Å². The number of H-pyrrole nitrogens is 1. The van der Waals surface area contributed by atoms with Crippen LogP contribution in [0.15, 0.2) is 29.2 Å². The van der Waals surface area contributed by atoms with E-state index in [2.05, 4.69) is 10.3 Å². The Labute approximate surface area is 141 Å². The van der Waals surface area contributed by atoms with E-state index in [9.17, 15) is 9.59 Å². The molecule has 0 aliphatic carbocycles. The number of hydrogen-bond acceptors (Lipinski definition) is 3. The second-order valence-corrected chi connectivity index (χ2v) is 6.43. The summed E-state index contributed by atoms with van der Waals surface area (Å²) in [7, 11) is 0. The first-order valence-electron chi connectivity index (χ1n) is 8.28. The molecule has 1 aromatic carbocycles. The minimum Gasteiger partial charge on any atom is -0.336 e. The Morgan fingerprint density at radius 3 is 2.12 bits per heavy atom. The van der Waals surface area contributed by atoms with Gasteiger partial charge >= 0.3 is 0 Å². The predicted molar refractivity (Wildman–Crippen MR) is 95.5 cm³/mol. The number of carbonyl (C=O) groups is 1. The summed E-state index contributed by atoms with van der Waals surface area (Å²) < 4.78 is 0. The van der Waals surface area contributed by atoms with Crippen LogP contribution in [0, 0.1) is 20.8 Å². The molecule has 1 aliphatic heterocycles. The third-order valence-corrected chi connectivity index (χ3v) is 4.57. The Morgan fingerprint density at radius 2 is 1.54 bits per heavy atom. The van der Waals surface area contributed by atoms with Crippen LogP contribution < -0.4 is 10.9 Å².